The van der Waals surface area contributed by atoms with Crippen LogP contribution in [0.5, 0.6) is 0 Å². The molecule has 0 bridgehead atoms. The summed E-state index contributed by atoms with van der Waals surface area (Å²) in [6.45, 7) is 0. The van der Waals surface area contributed by atoms with Crippen molar-refractivity contribution in [1.82, 2.24) is 9.97 Å². The van der Waals surface area contributed by atoms with Crippen LogP contribution >= 0.6 is 0 Å². The first kappa shape index (κ1) is 38.7. The van der Waals surface area contributed by atoms with Crippen LogP contribution in [0.4, 0.5) is 0 Å². The molecule has 3 heterocycles. The van der Waals surface area contributed by atoms with Crippen LogP contribution in [0.15, 0.2) is 259 Å². The van der Waals surface area contributed by atoms with Crippen LogP contribution in [0, 0.1) is 0 Å². The number of furan rings is 1. The van der Waals surface area contributed by atoms with Crippen molar-refractivity contribution in [3.8, 4) is 11.3 Å². The van der Waals surface area contributed by atoms with Crippen molar-refractivity contribution in [2.75, 3.05) is 0 Å². The molecular weight excluding hydrogens is 821 g/mol. The van der Waals surface area contributed by atoms with Gasteiger partial charge in [-0.15, -0.1) is 0 Å². The number of rotatable bonds is 9. The predicted octanol–water partition coefficient (Wildman–Crippen LogP) is 9.10. The number of nitrogens with zero attached hydrogens (tertiary/aromatic N) is 2. The topological polar surface area (TPSA) is 38.9 Å². The maximum Gasteiger partial charge on any atom is 0.180 e. The van der Waals surface area contributed by atoms with E-state index in [4.69, 9.17) is 14.4 Å². The van der Waals surface area contributed by atoms with Crippen molar-refractivity contribution in [1.29, 1.82) is 0 Å². The Kier molecular flexibility index (Phi) is 9.52. The fraction of sp³-hybridized carbons (Fsp3) is 0. The number of hydrogen-bond acceptors (Lipinski definition) is 3. The molecule has 0 spiro atoms. The number of para-hydroxylation sites is 2. The summed E-state index contributed by atoms with van der Waals surface area (Å²) in [6, 6.07) is 91.0. The van der Waals surface area contributed by atoms with Crippen LogP contribution in [0.25, 0.3) is 55.0 Å². The quantitative estimate of drug-likeness (QED) is 0.0827. The summed E-state index contributed by atoms with van der Waals surface area (Å²) in [4.78, 5) is 11.2. The Labute approximate surface area is 380 Å². The minimum atomic E-state index is -3.11. The summed E-state index contributed by atoms with van der Waals surface area (Å²) in [5.74, 6) is 0. The van der Waals surface area contributed by atoms with Gasteiger partial charge in [-0.1, -0.05) is 224 Å². The first-order chi connectivity index (χ1) is 32.3. The summed E-state index contributed by atoms with van der Waals surface area (Å²) < 4.78 is 6.79. The van der Waals surface area contributed by atoms with Gasteiger partial charge in [0.25, 0.3) is 0 Å². The van der Waals surface area contributed by atoms with E-state index < -0.39 is 16.1 Å². The Morgan fingerprint density at radius 3 is 1.23 bits per heavy atom. The summed E-state index contributed by atoms with van der Waals surface area (Å²) in [5.41, 5.74) is 5.26. The second-order valence-electron chi connectivity index (χ2n) is 16.7. The van der Waals surface area contributed by atoms with Gasteiger partial charge in [0.1, 0.15) is 11.2 Å². The first-order valence-corrected chi connectivity index (χ1v) is 26.2. The summed E-state index contributed by atoms with van der Waals surface area (Å²) in [6.07, 6.45) is 2.03. The second kappa shape index (κ2) is 16.0. The Morgan fingerprint density at radius 1 is 0.323 bits per heavy atom. The lowest BCUT2D eigenvalue weighted by atomic mass is 10.0. The molecule has 9 aromatic carbocycles. The molecule has 0 unspecified atom stereocenters. The average Bonchev–Trinajstić information content (AvgIpc) is 3.78. The lowest BCUT2D eigenvalue weighted by Crippen LogP contribution is -2.75. The molecule has 12 rings (SSSR count). The fourth-order valence-electron chi connectivity index (χ4n) is 10.7. The lowest BCUT2D eigenvalue weighted by Gasteiger charge is -2.36. The van der Waals surface area contributed by atoms with Crippen molar-refractivity contribution < 1.29 is 4.42 Å². The Balaban J connectivity index is 1.27. The van der Waals surface area contributed by atoms with Gasteiger partial charge in [0.05, 0.1) is 16.7 Å². The molecule has 65 heavy (non-hydrogen) atoms. The van der Waals surface area contributed by atoms with Gasteiger partial charge < -0.3 is 4.42 Å². The normalized spacial score (nSPS) is 12.0. The molecule has 12 aromatic rings. The van der Waals surface area contributed by atoms with Crippen LogP contribution in [-0.2, 0) is 0 Å². The van der Waals surface area contributed by atoms with Gasteiger partial charge in [-0.05, 0) is 65.8 Å². The first-order valence-electron chi connectivity index (χ1n) is 22.2. The Bertz CT molecular complexity index is 3450. The van der Waals surface area contributed by atoms with Crippen molar-refractivity contribution in [3.05, 3.63) is 255 Å². The molecule has 3 aromatic heterocycles. The molecule has 5 heteroatoms. The van der Waals surface area contributed by atoms with Crippen molar-refractivity contribution in [3.63, 3.8) is 0 Å². The standard InChI is InChI=1S/C60H42N2OSi2/c1-7-22-43(23-8-1)64(44-24-9-2-10-25-44,45-26-11-3-12-27-45)56-40-41-61-58-52(56)38-39-53-57(42-54(62-59(53)58)51-36-21-35-50-49-34-19-20-37-55(49)63-60(50)51)65(46-28-13-4-14-29-46,47-30-15-5-16-31-47)48-32-17-6-18-33-48/h1-42H. The number of fused-ring (bicyclic) bond motifs is 6. The molecule has 0 saturated carbocycles. The van der Waals surface area contributed by atoms with Gasteiger partial charge in [-0.3, -0.25) is 4.98 Å². The van der Waals surface area contributed by atoms with Crippen molar-refractivity contribution in [2.24, 2.45) is 0 Å². The van der Waals surface area contributed by atoms with Gasteiger partial charge in [-0.25, -0.2) is 4.98 Å². The van der Waals surface area contributed by atoms with Crippen LogP contribution in [0.3, 0.4) is 0 Å². The van der Waals surface area contributed by atoms with Crippen molar-refractivity contribution in [2.45, 2.75) is 0 Å². The van der Waals surface area contributed by atoms with Gasteiger partial charge in [0.2, 0.25) is 0 Å². The minimum absolute atomic E-state index is 0.829. The summed E-state index contributed by atoms with van der Waals surface area (Å²) in [5, 5.41) is 14.7. The zero-order chi connectivity index (χ0) is 43.2. The average molecular weight is 863 g/mol. The van der Waals surface area contributed by atoms with E-state index in [0.29, 0.717) is 0 Å². The van der Waals surface area contributed by atoms with E-state index in [9.17, 15) is 0 Å². The molecule has 0 atom stereocenters. The third-order valence-corrected chi connectivity index (χ3v) is 23.1. The molecule has 0 fully saturated rings. The maximum atomic E-state index is 6.79. The molecular formula is C60H42N2OSi2. The second-order valence-corrected chi connectivity index (χ2v) is 24.3. The number of aromatic nitrogens is 2. The summed E-state index contributed by atoms with van der Waals surface area (Å²) in [7, 11) is -6.08. The van der Waals surface area contributed by atoms with E-state index in [1.54, 1.807) is 0 Å². The number of benzene rings is 9. The number of pyridine rings is 2. The molecule has 3 nitrogen and oxygen atoms in total. The van der Waals surface area contributed by atoms with E-state index in [0.717, 1.165) is 55.0 Å². The monoisotopic (exact) mass is 862 g/mol. The van der Waals surface area contributed by atoms with E-state index in [1.165, 1.54) is 41.5 Å². The summed E-state index contributed by atoms with van der Waals surface area (Å²) >= 11 is 0. The molecule has 0 aliphatic rings. The van der Waals surface area contributed by atoms with Crippen LogP contribution in [-0.4, -0.2) is 26.1 Å². The smallest absolute Gasteiger partial charge is 0.180 e. The fourth-order valence-corrected chi connectivity index (χ4v) is 20.6. The van der Waals surface area contributed by atoms with E-state index in [-0.39, 0.29) is 0 Å². The zero-order valence-electron chi connectivity index (χ0n) is 35.6. The zero-order valence-corrected chi connectivity index (χ0v) is 37.6. The Morgan fingerprint density at radius 2 is 0.738 bits per heavy atom. The van der Waals surface area contributed by atoms with Crippen LogP contribution < -0.4 is 41.5 Å². The Hall–Kier alpha value is -7.97. The maximum absolute atomic E-state index is 6.79. The highest BCUT2D eigenvalue weighted by molar-refractivity contribution is 7.21. The SMILES string of the molecule is c1ccc([Si](c2ccccc2)(c2ccccc2)c2ccnc3c2ccc2c([Si](c4ccccc4)(c4ccccc4)c4ccccc4)cc(-c4cccc5c4oc4ccccc45)nc23)cc1. The molecule has 0 radical (unpaired) electrons. The third kappa shape index (κ3) is 6.08. The molecule has 0 amide bonds. The van der Waals surface area contributed by atoms with Gasteiger partial charge in [0, 0.05) is 33.3 Å². The molecule has 0 N–H and O–H groups in total. The van der Waals surface area contributed by atoms with E-state index >= 15 is 0 Å². The highest BCUT2D eigenvalue weighted by Crippen LogP contribution is 2.36. The van der Waals surface area contributed by atoms with E-state index in [2.05, 4.69) is 243 Å². The van der Waals surface area contributed by atoms with Crippen LogP contribution in [0.1, 0.15) is 0 Å². The minimum Gasteiger partial charge on any atom is -0.455 e. The highest BCUT2D eigenvalue weighted by Gasteiger charge is 2.45. The third-order valence-electron chi connectivity index (χ3n) is 13.4. The van der Waals surface area contributed by atoms with Gasteiger partial charge in [-0.2, -0.15) is 0 Å². The largest absolute Gasteiger partial charge is 0.455 e. The predicted molar refractivity (Wildman–Crippen MR) is 277 cm³/mol. The van der Waals surface area contributed by atoms with Crippen molar-refractivity contribution >= 4 is 101 Å². The van der Waals surface area contributed by atoms with Gasteiger partial charge >= 0.3 is 0 Å². The molecule has 0 aliphatic heterocycles. The molecule has 0 aliphatic carbocycles. The highest BCUT2D eigenvalue weighted by atomic mass is 28.3. The van der Waals surface area contributed by atoms with E-state index in [1.807, 2.05) is 12.3 Å². The molecule has 306 valence electrons. The lowest BCUT2D eigenvalue weighted by molar-refractivity contribution is 0.670. The number of hydrogen-bond donors (Lipinski definition) is 0. The molecule has 0 saturated heterocycles. The van der Waals surface area contributed by atoms with Gasteiger partial charge in [0.15, 0.2) is 16.1 Å². The van der Waals surface area contributed by atoms with Crippen LogP contribution in [0.2, 0.25) is 0 Å².